The summed E-state index contributed by atoms with van der Waals surface area (Å²) in [5.74, 6) is 0.250. The highest BCUT2D eigenvalue weighted by molar-refractivity contribution is 7.90. The smallest absolute Gasteiger partial charge is 0.243 e. The number of anilines is 1. The number of fused-ring (bicyclic) bond motifs is 1. The molecule has 0 bridgehead atoms. The number of nitrogens with zero attached hydrogens (tertiary/aromatic N) is 1. The first-order valence-electron chi connectivity index (χ1n) is 6.27. The van der Waals surface area contributed by atoms with Crippen LogP contribution in [0.15, 0.2) is 35.4 Å². The van der Waals surface area contributed by atoms with Crippen molar-refractivity contribution in [2.75, 3.05) is 17.7 Å². The van der Waals surface area contributed by atoms with Gasteiger partial charge in [-0.05, 0) is 31.2 Å². The molecule has 2 aromatic rings. The fraction of sp³-hybridized carbons (Fsp3) is 0.308. The zero-order valence-electron chi connectivity index (χ0n) is 11.7. The average Bonchev–Trinajstić information content (AvgIpc) is 2.37. The van der Waals surface area contributed by atoms with Crippen molar-refractivity contribution >= 4 is 37.4 Å². The van der Waals surface area contributed by atoms with E-state index in [4.69, 9.17) is 5.73 Å². The molecule has 0 amide bonds. The van der Waals surface area contributed by atoms with Crippen molar-refractivity contribution in [3.63, 3.8) is 0 Å². The maximum absolute atomic E-state index is 12.5. The lowest BCUT2D eigenvalue weighted by Gasteiger charge is -2.14. The van der Waals surface area contributed by atoms with Crippen LogP contribution in [0.2, 0.25) is 0 Å². The number of nitrogens with one attached hydrogen (secondary N) is 1. The van der Waals surface area contributed by atoms with Crippen molar-refractivity contribution in [1.29, 1.82) is 0 Å². The Morgan fingerprint density at radius 1 is 1.38 bits per heavy atom. The quantitative estimate of drug-likeness (QED) is 0.793. The van der Waals surface area contributed by atoms with Crippen LogP contribution in [-0.2, 0) is 20.8 Å². The van der Waals surface area contributed by atoms with Crippen LogP contribution in [0, 0.1) is 0 Å². The molecule has 2 unspecified atom stereocenters. The first kappa shape index (κ1) is 15.9. The third kappa shape index (κ3) is 3.58. The minimum atomic E-state index is -3.75. The summed E-state index contributed by atoms with van der Waals surface area (Å²) < 4.78 is 38.6. The Bertz CT molecular complexity index is 790. The Hall–Kier alpha value is -1.51. The molecule has 0 fully saturated rings. The molecule has 0 aliphatic heterocycles. The Balaban J connectivity index is 2.46. The van der Waals surface area contributed by atoms with Crippen LogP contribution >= 0.6 is 0 Å². The van der Waals surface area contributed by atoms with Crippen LogP contribution in [0.5, 0.6) is 0 Å². The summed E-state index contributed by atoms with van der Waals surface area (Å²) in [6.45, 7) is 1.67. The van der Waals surface area contributed by atoms with E-state index in [-0.39, 0.29) is 10.6 Å². The zero-order chi connectivity index (χ0) is 15.6. The monoisotopic (exact) mass is 327 g/mol. The highest BCUT2D eigenvalue weighted by atomic mass is 32.2. The number of benzene rings is 1. The molecule has 2 rings (SSSR count). The van der Waals surface area contributed by atoms with Gasteiger partial charge in [-0.25, -0.2) is 13.1 Å². The van der Waals surface area contributed by atoms with Gasteiger partial charge in [0, 0.05) is 46.1 Å². The van der Waals surface area contributed by atoms with Crippen molar-refractivity contribution in [2.24, 2.45) is 0 Å². The molecule has 0 aliphatic rings. The Morgan fingerprint density at radius 2 is 2.10 bits per heavy atom. The van der Waals surface area contributed by atoms with E-state index in [0.29, 0.717) is 16.6 Å². The largest absolute Gasteiger partial charge is 0.398 e. The molecule has 6 nitrogen and oxygen atoms in total. The van der Waals surface area contributed by atoms with E-state index in [0.717, 1.165) is 0 Å². The standard InChI is InChI=1S/C13H17N3O3S2/c1-9(8-20(2)17)16-21(18,19)12-6-5-11(14)10-4-3-7-15-13(10)12/h3-7,9,16H,8,14H2,1-2H3. The van der Waals surface area contributed by atoms with Crippen LogP contribution in [0.25, 0.3) is 10.9 Å². The normalized spacial score (nSPS) is 15.0. The number of pyridine rings is 1. The molecule has 21 heavy (non-hydrogen) atoms. The number of sulfonamides is 1. The molecule has 0 radical (unpaired) electrons. The van der Waals surface area contributed by atoms with E-state index in [9.17, 15) is 12.6 Å². The summed E-state index contributed by atoms with van der Waals surface area (Å²) in [7, 11) is -4.83. The highest BCUT2D eigenvalue weighted by Crippen LogP contribution is 2.25. The van der Waals surface area contributed by atoms with Crippen LogP contribution in [0.3, 0.4) is 0 Å². The topological polar surface area (TPSA) is 102 Å². The molecule has 2 atom stereocenters. The van der Waals surface area contributed by atoms with Gasteiger partial charge in [0.2, 0.25) is 10.0 Å². The van der Waals surface area contributed by atoms with E-state index in [1.807, 2.05) is 0 Å². The van der Waals surface area contributed by atoms with E-state index < -0.39 is 26.9 Å². The molecular formula is C13H17N3O3S2. The summed E-state index contributed by atoms with van der Waals surface area (Å²) in [6.07, 6.45) is 3.05. The van der Waals surface area contributed by atoms with Crippen LogP contribution in [-0.4, -0.2) is 35.7 Å². The van der Waals surface area contributed by atoms with Gasteiger partial charge in [0.15, 0.2) is 0 Å². The Labute approximate surface area is 126 Å². The van der Waals surface area contributed by atoms with Crippen molar-refractivity contribution < 1.29 is 12.6 Å². The fourth-order valence-corrected chi connectivity index (χ4v) is 4.40. The first-order chi connectivity index (χ1) is 9.81. The lowest BCUT2D eigenvalue weighted by Crippen LogP contribution is -2.36. The second kappa shape index (κ2) is 6.08. The van der Waals surface area contributed by atoms with Crippen LogP contribution < -0.4 is 10.5 Å². The Morgan fingerprint density at radius 3 is 2.76 bits per heavy atom. The van der Waals surface area contributed by atoms with E-state index in [2.05, 4.69) is 9.71 Å². The minimum Gasteiger partial charge on any atom is -0.398 e. The molecule has 1 aromatic heterocycles. The predicted molar refractivity (Wildman–Crippen MR) is 84.9 cm³/mol. The molecule has 114 valence electrons. The summed E-state index contributed by atoms with van der Waals surface area (Å²) in [5.41, 5.74) is 6.64. The van der Waals surface area contributed by atoms with Crippen molar-refractivity contribution in [3.8, 4) is 0 Å². The molecule has 8 heteroatoms. The summed E-state index contributed by atoms with van der Waals surface area (Å²) >= 11 is 0. The maximum Gasteiger partial charge on any atom is 0.243 e. The van der Waals surface area contributed by atoms with Gasteiger partial charge >= 0.3 is 0 Å². The Kier molecular flexibility index (Phi) is 4.60. The molecule has 1 aromatic carbocycles. The van der Waals surface area contributed by atoms with E-state index in [1.54, 1.807) is 25.1 Å². The molecular weight excluding hydrogens is 310 g/mol. The second-order valence-electron chi connectivity index (χ2n) is 4.81. The third-order valence-corrected chi connectivity index (χ3v) is 5.49. The third-order valence-electron chi connectivity index (χ3n) is 2.90. The molecule has 3 N–H and O–H groups in total. The van der Waals surface area contributed by atoms with Gasteiger partial charge in [0.05, 0.1) is 5.52 Å². The summed E-state index contributed by atoms with van der Waals surface area (Å²) in [6, 6.07) is 5.97. The minimum absolute atomic E-state index is 0.0704. The number of rotatable bonds is 5. The van der Waals surface area contributed by atoms with Gasteiger partial charge in [0.25, 0.3) is 0 Å². The lowest BCUT2D eigenvalue weighted by molar-refractivity contribution is 0.571. The van der Waals surface area contributed by atoms with E-state index >= 15 is 0 Å². The molecule has 0 aliphatic carbocycles. The maximum atomic E-state index is 12.5. The zero-order valence-corrected chi connectivity index (χ0v) is 13.4. The van der Waals surface area contributed by atoms with Gasteiger partial charge in [0.1, 0.15) is 4.90 Å². The number of aromatic nitrogens is 1. The summed E-state index contributed by atoms with van der Waals surface area (Å²) in [4.78, 5) is 4.19. The number of nitrogen functional groups attached to an aromatic ring is 1. The van der Waals surface area contributed by atoms with Gasteiger partial charge in [-0.15, -0.1) is 0 Å². The van der Waals surface area contributed by atoms with Gasteiger partial charge in [-0.2, -0.15) is 0 Å². The predicted octanol–water partition coefficient (Wildman–Crippen LogP) is 0.862. The molecule has 0 saturated carbocycles. The SMILES string of the molecule is CC(CS(C)=O)NS(=O)(=O)c1ccc(N)c2cccnc12. The van der Waals surface area contributed by atoms with Gasteiger partial charge in [-0.1, -0.05) is 0 Å². The van der Waals surface area contributed by atoms with E-state index in [1.165, 1.54) is 18.5 Å². The van der Waals surface area contributed by atoms with Crippen molar-refractivity contribution in [2.45, 2.75) is 17.9 Å². The fourth-order valence-electron chi connectivity index (χ4n) is 2.10. The molecule has 0 spiro atoms. The highest BCUT2D eigenvalue weighted by Gasteiger charge is 2.21. The molecule has 1 heterocycles. The lowest BCUT2D eigenvalue weighted by atomic mass is 10.2. The van der Waals surface area contributed by atoms with Crippen molar-refractivity contribution in [1.82, 2.24) is 9.71 Å². The van der Waals surface area contributed by atoms with Gasteiger partial charge < -0.3 is 5.73 Å². The van der Waals surface area contributed by atoms with Crippen LogP contribution in [0.1, 0.15) is 6.92 Å². The number of hydrogen-bond acceptors (Lipinski definition) is 5. The summed E-state index contributed by atoms with van der Waals surface area (Å²) in [5, 5.41) is 0.590. The van der Waals surface area contributed by atoms with Crippen molar-refractivity contribution in [3.05, 3.63) is 30.5 Å². The molecule has 0 saturated heterocycles. The number of hydrogen-bond donors (Lipinski definition) is 2. The van der Waals surface area contributed by atoms with Crippen LogP contribution in [0.4, 0.5) is 5.69 Å². The van der Waals surface area contributed by atoms with Gasteiger partial charge in [-0.3, -0.25) is 9.19 Å². The average molecular weight is 327 g/mol. The first-order valence-corrected chi connectivity index (χ1v) is 9.48. The second-order valence-corrected chi connectivity index (χ2v) is 7.98. The number of nitrogens with two attached hydrogens (primary N) is 1.